The van der Waals surface area contributed by atoms with E-state index in [9.17, 15) is 4.79 Å². The zero-order chi connectivity index (χ0) is 10.1. The van der Waals surface area contributed by atoms with Crippen molar-refractivity contribution in [1.82, 2.24) is 4.90 Å². The van der Waals surface area contributed by atoms with Crippen LogP contribution in [-0.2, 0) is 0 Å². The van der Waals surface area contributed by atoms with Crippen LogP contribution in [0, 0.1) is 5.92 Å². The second-order valence-corrected chi connectivity index (χ2v) is 4.44. The molecule has 0 aliphatic carbocycles. The molecule has 13 heavy (non-hydrogen) atoms. The Hall–Kier alpha value is -0.770. The van der Waals surface area contributed by atoms with Gasteiger partial charge in [0.25, 0.3) is 0 Å². The first kappa shape index (κ1) is 10.3. The summed E-state index contributed by atoms with van der Waals surface area (Å²) < 4.78 is 0. The first-order chi connectivity index (χ1) is 5.91. The van der Waals surface area contributed by atoms with Crippen LogP contribution >= 0.6 is 0 Å². The summed E-state index contributed by atoms with van der Waals surface area (Å²) in [6, 6.07) is -0.325. The van der Waals surface area contributed by atoms with Gasteiger partial charge in [-0.2, -0.15) is 0 Å². The molecule has 0 aromatic carbocycles. The molecule has 1 atom stereocenters. The zero-order valence-electron chi connectivity index (χ0n) is 8.42. The summed E-state index contributed by atoms with van der Waals surface area (Å²) in [7, 11) is 0. The molecule has 4 heteroatoms. The van der Waals surface area contributed by atoms with Gasteiger partial charge in [0, 0.05) is 18.6 Å². The van der Waals surface area contributed by atoms with Gasteiger partial charge in [0.2, 0.25) is 0 Å². The van der Waals surface area contributed by atoms with Gasteiger partial charge >= 0.3 is 6.03 Å². The molecule has 2 amide bonds. The number of hydrogen-bond acceptors (Lipinski definition) is 2. The van der Waals surface area contributed by atoms with E-state index in [1.54, 1.807) is 4.90 Å². The molecule has 1 heterocycles. The number of amides is 2. The van der Waals surface area contributed by atoms with Crippen molar-refractivity contribution in [2.24, 2.45) is 17.4 Å². The maximum absolute atomic E-state index is 10.9. The topological polar surface area (TPSA) is 72.3 Å². The lowest BCUT2D eigenvalue weighted by molar-refractivity contribution is 0.145. The molecule has 1 aliphatic heterocycles. The quantitative estimate of drug-likeness (QED) is 0.625. The third-order valence-corrected chi connectivity index (χ3v) is 2.79. The lowest BCUT2D eigenvalue weighted by Crippen LogP contribution is -2.52. The van der Waals surface area contributed by atoms with Crippen LogP contribution in [0.1, 0.15) is 26.7 Å². The maximum Gasteiger partial charge on any atom is 0.314 e. The normalized spacial score (nSPS) is 24.5. The molecule has 0 spiro atoms. The van der Waals surface area contributed by atoms with Crippen LogP contribution in [0.4, 0.5) is 4.79 Å². The number of hydrogen-bond donors (Lipinski definition) is 2. The van der Waals surface area contributed by atoms with Crippen LogP contribution in [0.2, 0.25) is 0 Å². The van der Waals surface area contributed by atoms with E-state index in [-0.39, 0.29) is 11.6 Å². The van der Waals surface area contributed by atoms with Crippen molar-refractivity contribution in [3.05, 3.63) is 0 Å². The first-order valence-corrected chi connectivity index (χ1v) is 4.74. The van der Waals surface area contributed by atoms with Gasteiger partial charge < -0.3 is 16.4 Å². The highest BCUT2D eigenvalue weighted by Gasteiger charge is 2.30. The van der Waals surface area contributed by atoms with E-state index in [1.807, 2.05) is 13.8 Å². The molecule has 0 saturated carbocycles. The van der Waals surface area contributed by atoms with Gasteiger partial charge in [-0.25, -0.2) is 4.79 Å². The fourth-order valence-corrected chi connectivity index (χ4v) is 1.78. The van der Waals surface area contributed by atoms with E-state index in [2.05, 4.69) is 0 Å². The van der Waals surface area contributed by atoms with Crippen molar-refractivity contribution < 1.29 is 4.79 Å². The van der Waals surface area contributed by atoms with E-state index < -0.39 is 0 Å². The first-order valence-electron chi connectivity index (χ1n) is 4.74. The molecule has 1 aliphatic rings. The Kier molecular flexibility index (Phi) is 2.81. The molecule has 1 unspecified atom stereocenters. The van der Waals surface area contributed by atoms with Gasteiger partial charge in [-0.05, 0) is 32.6 Å². The summed E-state index contributed by atoms with van der Waals surface area (Å²) in [5.74, 6) is 0.369. The Morgan fingerprint density at radius 2 is 2.15 bits per heavy atom. The molecule has 1 saturated heterocycles. The third-order valence-electron chi connectivity index (χ3n) is 2.79. The van der Waals surface area contributed by atoms with E-state index in [4.69, 9.17) is 11.5 Å². The Bertz CT molecular complexity index is 198. The van der Waals surface area contributed by atoms with Crippen LogP contribution in [0.5, 0.6) is 0 Å². The van der Waals surface area contributed by atoms with Crippen molar-refractivity contribution in [3.8, 4) is 0 Å². The highest BCUT2D eigenvalue weighted by molar-refractivity contribution is 5.72. The fourth-order valence-electron chi connectivity index (χ4n) is 1.78. The molecule has 4 nitrogen and oxygen atoms in total. The number of likely N-dealkylation sites (tertiary alicyclic amines) is 1. The van der Waals surface area contributed by atoms with Crippen molar-refractivity contribution in [2.45, 2.75) is 32.2 Å². The number of piperidine rings is 1. The number of primary amides is 1. The molecule has 0 radical (unpaired) electrons. The standard InChI is InChI=1S/C9H19N3O/c1-9(2,11)7-4-3-5-12(6-7)8(10)13/h7H,3-6,11H2,1-2H3,(H2,10,13). The summed E-state index contributed by atoms with van der Waals surface area (Å²) >= 11 is 0. The van der Waals surface area contributed by atoms with E-state index in [0.29, 0.717) is 12.5 Å². The van der Waals surface area contributed by atoms with Gasteiger partial charge in [-0.1, -0.05) is 0 Å². The fraction of sp³-hybridized carbons (Fsp3) is 0.889. The van der Waals surface area contributed by atoms with Crippen molar-refractivity contribution in [2.75, 3.05) is 13.1 Å². The number of urea groups is 1. The number of carbonyl (C=O) groups excluding carboxylic acids is 1. The average molecular weight is 185 g/mol. The molecule has 1 rings (SSSR count). The van der Waals surface area contributed by atoms with Gasteiger partial charge in [-0.15, -0.1) is 0 Å². The Balaban J connectivity index is 2.57. The molecule has 4 N–H and O–H groups in total. The molecule has 1 fully saturated rings. The van der Waals surface area contributed by atoms with Crippen LogP contribution in [0.15, 0.2) is 0 Å². The smallest absolute Gasteiger partial charge is 0.314 e. The van der Waals surface area contributed by atoms with Crippen molar-refractivity contribution in [1.29, 1.82) is 0 Å². The number of nitrogens with zero attached hydrogens (tertiary/aromatic N) is 1. The number of rotatable bonds is 1. The van der Waals surface area contributed by atoms with Crippen LogP contribution < -0.4 is 11.5 Å². The lowest BCUT2D eigenvalue weighted by atomic mass is 9.82. The van der Waals surface area contributed by atoms with Gasteiger partial charge in [0.1, 0.15) is 0 Å². The van der Waals surface area contributed by atoms with Crippen LogP contribution in [-0.4, -0.2) is 29.6 Å². The minimum absolute atomic E-state index is 0.214. The Labute approximate surface area is 79.3 Å². The second-order valence-electron chi connectivity index (χ2n) is 4.44. The SMILES string of the molecule is CC(C)(N)C1CCCN(C(N)=O)C1. The van der Waals surface area contributed by atoms with Crippen LogP contribution in [0.3, 0.4) is 0 Å². The highest BCUT2D eigenvalue weighted by atomic mass is 16.2. The maximum atomic E-state index is 10.9. The average Bonchev–Trinajstić information content (AvgIpc) is 2.03. The number of nitrogens with two attached hydrogens (primary N) is 2. The predicted molar refractivity (Wildman–Crippen MR) is 52.1 cm³/mol. The van der Waals surface area contributed by atoms with Crippen molar-refractivity contribution >= 4 is 6.03 Å². The van der Waals surface area contributed by atoms with Gasteiger partial charge in [0.15, 0.2) is 0 Å². The lowest BCUT2D eigenvalue weighted by Gasteiger charge is -2.38. The van der Waals surface area contributed by atoms with Crippen molar-refractivity contribution in [3.63, 3.8) is 0 Å². The molecule has 0 bridgehead atoms. The highest BCUT2D eigenvalue weighted by Crippen LogP contribution is 2.24. The summed E-state index contributed by atoms with van der Waals surface area (Å²) in [5, 5.41) is 0. The summed E-state index contributed by atoms with van der Waals surface area (Å²) in [6.45, 7) is 5.49. The Morgan fingerprint density at radius 1 is 1.54 bits per heavy atom. The molecule has 0 aromatic heterocycles. The third kappa shape index (κ3) is 2.59. The Morgan fingerprint density at radius 3 is 2.62 bits per heavy atom. The minimum atomic E-state index is -0.325. The van der Waals surface area contributed by atoms with Gasteiger partial charge in [0.05, 0.1) is 0 Å². The zero-order valence-corrected chi connectivity index (χ0v) is 8.42. The molecular formula is C9H19N3O. The summed E-state index contributed by atoms with van der Waals surface area (Å²) in [6.07, 6.45) is 2.10. The molecule has 76 valence electrons. The minimum Gasteiger partial charge on any atom is -0.351 e. The largest absolute Gasteiger partial charge is 0.351 e. The monoisotopic (exact) mass is 185 g/mol. The van der Waals surface area contributed by atoms with Crippen LogP contribution in [0.25, 0.3) is 0 Å². The van der Waals surface area contributed by atoms with E-state index >= 15 is 0 Å². The summed E-state index contributed by atoms with van der Waals surface area (Å²) in [5.41, 5.74) is 11.0. The summed E-state index contributed by atoms with van der Waals surface area (Å²) in [4.78, 5) is 12.6. The van der Waals surface area contributed by atoms with E-state index in [1.165, 1.54) is 0 Å². The molecular weight excluding hydrogens is 166 g/mol. The molecule has 0 aromatic rings. The van der Waals surface area contributed by atoms with E-state index in [0.717, 1.165) is 19.4 Å². The second kappa shape index (κ2) is 3.54. The van der Waals surface area contributed by atoms with Gasteiger partial charge in [-0.3, -0.25) is 0 Å². The predicted octanol–water partition coefficient (Wildman–Crippen LogP) is 0.514. The number of carbonyl (C=O) groups is 1.